The van der Waals surface area contributed by atoms with Crippen molar-refractivity contribution in [2.45, 2.75) is 0 Å². The Morgan fingerprint density at radius 2 is 1.91 bits per heavy atom. The van der Waals surface area contributed by atoms with E-state index >= 15 is 0 Å². The number of imidazole rings is 1. The number of hydrogen-bond donors (Lipinski definition) is 1. The molecule has 0 fully saturated rings. The van der Waals surface area contributed by atoms with Crippen molar-refractivity contribution in [2.24, 2.45) is 0 Å². The zero-order valence-electron chi connectivity index (χ0n) is 11.9. The Morgan fingerprint density at radius 3 is 2.74 bits per heavy atom. The van der Waals surface area contributed by atoms with Crippen molar-refractivity contribution in [3.05, 3.63) is 64.8 Å². The predicted octanol–water partition coefficient (Wildman–Crippen LogP) is 3.04. The molecule has 4 aromatic rings. The fraction of sp³-hybridized carbons (Fsp3) is 0. The number of nitrogen functional groups attached to an aromatic ring is 1. The predicted molar refractivity (Wildman–Crippen MR) is 87.0 cm³/mol. The molecule has 4 rings (SSSR count). The Morgan fingerprint density at radius 1 is 1.09 bits per heavy atom. The smallest absolute Gasteiger partial charge is 0.270 e. The largest absolute Gasteiger partial charge is 0.381 e. The molecule has 112 valence electrons. The minimum absolute atomic E-state index is 0.0236. The minimum Gasteiger partial charge on any atom is -0.381 e. The fourth-order valence-corrected chi connectivity index (χ4v) is 2.60. The van der Waals surface area contributed by atoms with Gasteiger partial charge in [0.2, 0.25) is 0 Å². The molecule has 0 spiro atoms. The molecule has 0 saturated heterocycles. The van der Waals surface area contributed by atoms with Crippen molar-refractivity contribution >= 4 is 28.2 Å². The molecule has 0 amide bonds. The first kappa shape index (κ1) is 13.2. The van der Waals surface area contributed by atoms with Crippen molar-refractivity contribution in [1.29, 1.82) is 0 Å². The van der Waals surface area contributed by atoms with Crippen LogP contribution in [-0.4, -0.2) is 19.3 Å². The maximum absolute atomic E-state index is 10.9. The quantitative estimate of drug-likeness (QED) is 0.453. The van der Waals surface area contributed by atoms with Gasteiger partial charge >= 0.3 is 0 Å². The highest BCUT2D eigenvalue weighted by atomic mass is 16.6. The van der Waals surface area contributed by atoms with Crippen LogP contribution in [0.1, 0.15) is 0 Å². The van der Waals surface area contributed by atoms with Crippen LogP contribution >= 0.6 is 0 Å². The van der Waals surface area contributed by atoms with Crippen LogP contribution in [0.15, 0.2) is 54.7 Å². The van der Waals surface area contributed by atoms with Crippen LogP contribution < -0.4 is 5.73 Å². The van der Waals surface area contributed by atoms with Gasteiger partial charge in [0.05, 0.1) is 21.7 Å². The van der Waals surface area contributed by atoms with Gasteiger partial charge in [-0.05, 0) is 12.1 Å². The molecule has 0 aliphatic carbocycles. The van der Waals surface area contributed by atoms with Crippen molar-refractivity contribution < 1.29 is 4.92 Å². The van der Waals surface area contributed by atoms with Gasteiger partial charge < -0.3 is 5.73 Å². The van der Waals surface area contributed by atoms with E-state index in [2.05, 4.69) is 9.97 Å². The molecule has 2 heterocycles. The molecule has 0 bridgehead atoms. The molecule has 2 N–H and O–H groups in total. The van der Waals surface area contributed by atoms with Gasteiger partial charge in [-0.25, -0.2) is 9.97 Å². The van der Waals surface area contributed by atoms with E-state index in [0.29, 0.717) is 22.7 Å². The second kappa shape index (κ2) is 4.77. The van der Waals surface area contributed by atoms with Crippen LogP contribution in [0.5, 0.6) is 0 Å². The fourth-order valence-electron chi connectivity index (χ4n) is 2.60. The van der Waals surface area contributed by atoms with E-state index in [1.165, 1.54) is 12.1 Å². The van der Waals surface area contributed by atoms with Crippen molar-refractivity contribution in [2.75, 3.05) is 5.73 Å². The van der Waals surface area contributed by atoms with E-state index in [1.54, 1.807) is 12.1 Å². The SMILES string of the molecule is Nc1nc2ccccc2n2cc(-c3cccc([N+](=O)[O-])c3)nc12. The summed E-state index contributed by atoms with van der Waals surface area (Å²) in [6.07, 6.45) is 1.81. The lowest BCUT2D eigenvalue weighted by atomic mass is 10.1. The zero-order valence-corrected chi connectivity index (χ0v) is 11.9. The second-order valence-corrected chi connectivity index (χ2v) is 5.11. The third-order valence-corrected chi connectivity index (χ3v) is 3.67. The summed E-state index contributed by atoms with van der Waals surface area (Å²) in [5, 5.41) is 10.9. The number of nitrogens with two attached hydrogens (primary N) is 1. The van der Waals surface area contributed by atoms with E-state index in [-0.39, 0.29) is 5.69 Å². The van der Waals surface area contributed by atoms with E-state index in [1.807, 2.05) is 34.9 Å². The first-order valence-electron chi connectivity index (χ1n) is 6.91. The molecule has 0 atom stereocenters. The topological polar surface area (TPSA) is 99.3 Å². The number of non-ortho nitro benzene ring substituents is 1. The van der Waals surface area contributed by atoms with E-state index < -0.39 is 4.92 Å². The number of rotatable bonds is 2. The minimum atomic E-state index is -0.426. The maximum Gasteiger partial charge on any atom is 0.270 e. The number of anilines is 1. The third kappa shape index (κ3) is 2.06. The Hall–Kier alpha value is -3.48. The van der Waals surface area contributed by atoms with Crippen LogP contribution in [0.2, 0.25) is 0 Å². The van der Waals surface area contributed by atoms with Gasteiger partial charge in [0.25, 0.3) is 5.69 Å². The van der Waals surface area contributed by atoms with Crippen molar-refractivity contribution in [1.82, 2.24) is 14.4 Å². The lowest BCUT2D eigenvalue weighted by Crippen LogP contribution is -1.97. The zero-order chi connectivity index (χ0) is 16.0. The molecular formula is C16H11N5O2. The Balaban J connectivity index is 1.99. The van der Waals surface area contributed by atoms with Crippen LogP contribution in [0.3, 0.4) is 0 Å². The van der Waals surface area contributed by atoms with Gasteiger partial charge in [-0.2, -0.15) is 0 Å². The molecule has 2 aromatic carbocycles. The molecule has 2 aromatic heterocycles. The number of nitro groups is 1. The number of fused-ring (bicyclic) bond motifs is 3. The first-order chi connectivity index (χ1) is 11.1. The lowest BCUT2D eigenvalue weighted by molar-refractivity contribution is -0.384. The summed E-state index contributed by atoms with van der Waals surface area (Å²) >= 11 is 0. The van der Waals surface area contributed by atoms with Gasteiger partial charge in [-0.3, -0.25) is 14.5 Å². The summed E-state index contributed by atoms with van der Waals surface area (Å²) in [6, 6.07) is 14.0. The van der Waals surface area contributed by atoms with E-state index in [4.69, 9.17) is 5.73 Å². The first-order valence-corrected chi connectivity index (χ1v) is 6.91. The van der Waals surface area contributed by atoms with Gasteiger partial charge in [-0.1, -0.05) is 24.3 Å². The summed E-state index contributed by atoms with van der Waals surface area (Å²) in [5.41, 5.74) is 9.45. The van der Waals surface area contributed by atoms with Gasteiger partial charge in [0, 0.05) is 23.9 Å². The van der Waals surface area contributed by atoms with Crippen LogP contribution in [0.4, 0.5) is 11.5 Å². The standard InChI is InChI=1S/C16H11N5O2/c17-15-16-19-13(10-4-3-5-11(8-10)21(22)23)9-20(16)14-7-2-1-6-12(14)18-15/h1-9H,(H2,17,18). The van der Waals surface area contributed by atoms with Crippen LogP contribution in [0, 0.1) is 10.1 Å². The van der Waals surface area contributed by atoms with Crippen LogP contribution in [0.25, 0.3) is 27.9 Å². The van der Waals surface area contributed by atoms with Crippen molar-refractivity contribution in [3.8, 4) is 11.3 Å². The number of nitro benzene ring substituents is 1. The molecular weight excluding hydrogens is 294 g/mol. The second-order valence-electron chi connectivity index (χ2n) is 5.11. The molecule has 0 radical (unpaired) electrons. The molecule has 23 heavy (non-hydrogen) atoms. The molecule has 0 aliphatic rings. The van der Waals surface area contributed by atoms with E-state index in [0.717, 1.165) is 11.0 Å². The summed E-state index contributed by atoms with van der Waals surface area (Å²) in [4.78, 5) is 19.3. The van der Waals surface area contributed by atoms with Crippen LogP contribution in [-0.2, 0) is 0 Å². The molecule has 7 nitrogen and oxygen atoms in total. The number of hydrogen-bond acceptors (Lipinski definition) is 5. The number of para-hydroxylation sites is 2. The Kier molecular flexibility index (Phi) is 2.74. The summed E-state index contributed by atoms with van der Waals surface area (Å²) in [5.74, 6) is 0.320. The Labute approximate surface area is 130 Å². The average molecular weight is 305 g/mol. The monoisotopic (exact) mass is 305 g/mol. The van der Waals surface area contributed by atoms with Gasteiger partial charge in [-0.15, -0.1) is 0 Å². The number of benzene rings is 2. The average Bonchev–Trinajstić information content (AvgIpc) is 3.01. The summed E-state index contributed by atoms with van der Waals surface area (Å²) in [7, 11) is 0. The normalized spacial score (nSPS) is 11.1. The third-order valence-electron chi connectivity index (χ3n) is 3.67. The summed E-state index contributed by atoms with van der Waals surface area (Å²) < 4.78 is 1.85. The molecule has 0 saturated carbocycles. The Bertz CT molecular complexity index is 1070. The van der Waals surface area contributed by atoms with Gasteiger partial charge in [0.15, 0.2) is 11.5 Å². The maximum atomic E-state index is 10.9. The summed E-state index contributed by atoms with van der Waals surface area (Å²) in [6.45, 7) is 0. The highest BCUT2D eigenvalue weighted by molar-refractivity contribution is 5.83. The van der Waals surface area contributed by atoms with Gasteiger partial charge in [0.1, 0.15) is 0 Å². The molecule has 0 unspecified atom stereocenters. The highest BCUT2D eigenvalue weighted by Crippen LogP contribution is 2.26. The van der Waals surface area contributed by atoms with Crippen molar-refractivity contribution in [3.63, 3.8) is 0 Å². The molecule has 7 heteroatoms. The number of nitrogens with zero attached hydrogens (tertiary/aromatic N) is 4. The molecule has 0 aliphatic heterocycles. The lowest BCUT2D eigenvalue weighted by Gasteiger charge is -2.02. The number of aromatic nitrogens is 3. The highest BCUT2D eigenvalue weighted by Gasteiger charge is 2.13. The van der Waals surface area contributed by atoms with E-state index in [9.17, 15) is 10.1 Å².